The molecule has 3 aromatic rings. The van der Waals surface area contributed by atoms with Crippen molar-refractivity contribution < 1.29 is 14.3 Å². The van der Waals surface area contributed by atoms with Gasteiger partial charge in [0.1, 0.15) is 12.2 Å². The van der Waals surface area contributed by atoms with Gasteiger partial charge in [0.15, 0.2) is 0 Å². The van der Waals surface area contributed by atoms with Crippen LogP contribution in [0.5, 0.6) is 0 Å². The van der Waals surface area contributed by atoms with E-state index in [1.165, 1.54) is 4.90 Å². The van der Waals surface area contributed by atoms with Gasteiger partial charge in [-0.15, -0.1) is 0 Å². The summed E-state index contributed by atoms with van der Waals surface area (Å²) in [5, 5.41) is 9.40. The molecule has 2 bridgehead atoms. The first-order chi connectivity index (χ1) is 15.2. The van der Waals surface area contributed by atoms with Gasteiger partial charge in [-0.25, -0.2) is 4.90 Å². The Balaban J connectivity index is 1.24. The van der Waals surface area contributed by atoms with Crippen LogP contribution in [0.1, 0.15) is 0 Å². The van der Waals surface area contributed by atoms with Crippen LogP contribution in [-0.4, -0.2) is 31.0 Å². The Morgan fingerprint density at radius 3 is 2.19 bits per heavy atom. The van der Waals surface area contributed by atoms with Gasteiger partial charge in [0, 0.05) is 16.8 Å². The number of nitrogens with one attached hydrogen (secondary N) is 2. The first kappa shape index (κ1) is 16.9. The van der Waals surface area contributed by atoms with Crippen molar-refractivity contribution in [3.05, 3.63) is 89.4 Å². The second-order valence-electron chi connectivity index (χ2n) is 8.14. The third-order valence-electron chi connectivity index (χ3n) is 6.49. The van der Waals surface area contributed by atoms with Gasteiger partial charge in [0.25, 0.3) is 11.8 Å². The Morgan fingerprint density at radius 1 is 0.806 bits per heavy atom. The molecule has 3 aromatic carbocycles. The van der Waals surface area contributed by atoms with Crippen LogP contribution in [0.3, 0.4) is 0 Å². The van der Waals surface area contributed by atoms with E-state index in [1.54, 1.807) is 12.1 Å². The zero-order valence-electron chi connectivity index (χ0n) is 16.3. The number of amides is 2. The topological polar surface area (TPSA) is 70.7 Å². The summed E-state index contributed by atoms with van der Waals surface area (Å²) in [4.78, 5) is 27.6. The van der Waals surface area contributed by atoms with E-state index in [9.17, 15) is 9.59 Å². The first-order valence-corrected chi connectivity index (χ1v) is 10.3. The third kappa shape index (κ3) is 2.16. The van der Waals surface area contributed by atoms with Gasteiger partial charge in [0.05, 0.1) is 16.8 Å². The molecule has 0 aliphatic carbocycles. The maximum atomic E-state index is 13.3. The predicted molar refractivity (Wildman–Crippen MR) is 120 cm³/mol. The minimum absolute atomic E-state index is 0.224. The van der Waals surface area contributed by atoms with Crippen LogP contribution in [-0.2, 0) is 14.3 Å². The van der Waals surface area contributed by atoms with Crippen molar-refractivity contribution in [1.29, 1.82) is 0 Å². The fourth-order valence-electron chi connectivity index (χ4n) is 5.16. The number of nitrogens with zero attached hydrogens (tertiary/aromatic N) is 1. The van der Waals surface area contributed by atoms with Gasteiger partial charge < -0.3 is 15.2 Å². The van der Waals surface area contributed by atoms with Gasteiger partial charge >= 0.3 is 6.98 Å². The summed E-state index contributed by atoms with van der Waals surface area (Å²) < 4.78 is 6.08. The molecule has 7 rings (SSSR count). The Hall–Kier alpha value is -3.84. The number of carbonyl (C=O) groups is 2. The Kier molecular flexibility index (Phi) is 3.20. The summed E-state index contributed by atoms with van der Waals surface area (Å²) in [5.41, 5.74) is 4.54. The number of ether oxygens (including phenoxy) is 1. The number of para-hydroxylation sites is 1. The highest BCUT2D eigenvalue weighted by atomic mass is 16.5. The van der Waals surface area contributed by atoms with Crippen LogP contribution >= 0.6 is 0 Å². The number of benzene rings is 3. The van der Waals surface area contributed by atoms with Crippen molar-refractivity contribution in [2.24, 2.45) is 0 Å². The molecule has 31 heavy (non-hydrogen) atoms. The summed E-state index contributed by atoms with van der Waals surface area (Å²) in [6.45, 7) is -0.224. The predicted octanol–water partition coefficient (Wildman–Crippen LogP) is 3.28. The van der Waals surface area contributed by atoms with E-state index in [1.807, 2.05) is 36.4 Å². The number of anilines is 3. The van der Waals surface area contributed by atoms with Crippen LogP contribution in [0.2, 0.25) is 0 Å². The molecule has 7 heteroatoms. The molecule has 0 saturated carbocycles. The van der Waals surface area contributed by atoms with E-state index in [-0.39, 0.29) is 18.8 Å². The van der Waals surface area contributed by atoms with Crippen LogP contribution in [0.15, 0.2) is 89.4 Å². The molecular weight excluding hydrogens is 389 g/mol. The van der Waals surface area contributed by atoms with E-state index in [4.69, 9.17) is 4.74 Å². The quantitative estimate of drug-likeness (QED) is 0.506. The SMILES string of the molecule is O=C1C2=C(C(=O)N1c1ccccc1)[C@@H]1C=C(B3Nc4cccc5cccc(c45)N3)[C@H]2O1. The van der Waals surface area contributed by atoms with Crippen LogP contribution < -0.4 is 15.4 Å². The Labute approximate surface area is 178 Å². The molecule has 2 N–H and O–H groups in total. The van der Waals surface area contributed by atoms with Crippen molar-refractivity contribution in [1.82, 2.24) is 0 Å². The third-order valence-corrected chi connectivity index (χ3v) is 6.49. The zero-order valence-corrected chi connectivity index (χ0v) is 16.3. The summed E-state index contributed by atoms with van der Waals surface area (Å²) >= 11 is 0. The molecule has 4 aliphatic rings. The summed E-state index contributed by atoms with van der Waals surface area (Å²) in [5.74, 6) is -0.573. The average Bonchev–Trinajstić information content (AvgIpc) is 3.46. The molecule has 2 amide bonds. The minimum atomic E-state index is -0.528. The summed E-state index contributed by atoms with van der Waals surface area (Å²) in [6, 6.07) is 21.4. The van der Waals surface area contributed by atoms with Gasteiger partial charge in [-0.1, -0.05) is 48.5 Å². The summed E-state index contributed by atoms with van der Waals surface area (Å²) in [7, 11) is 0. The Morgan fingerprint density at radius 2 is 1.48 bits per heavy atom. The molecule has 6 nitrogen and oxygen atoms in total. The molecule has 4 aliphatic heterocycles. The molecule has 0 fully saturated rings. The lowest BCUT2D eigenvalue weighted by Gasteiger charge is -2.29. The Bertz CT molecular complexity index is 1340. The standard InChI is InChI=1S/C24H16BN3O3/c29-23-20-18-12-15(22(31-18)21(20)24(30)28(23)14-8-2-1-3-9-14)25-26-16-10-4-6-13-7-5-11-17(27-25)19(13)16/h1-12,18,22,26-27H/t18-,22+/m0/s1. The van der Waals surface area contributed by atoms with E-state index in [0.717, 1.165) is 27.6 Å². The molecule has 2 atom stereocenters. The molecule has 0 radical (unpaired) electrons. The van der Waals surface area contributed by atoms with Crippen LogP contribution in [0, 0.1) is 0 Å². The molecule has 0 saturated heterocycles. The highest BCUT2D eigenvalue weighted by Crippen LogP contribution is 2.46. The van der Waals surface area contributed by atoms with E-state index in [2.05, 4.69) is 34.7 Å². The van der Waals surface area contributed by atoms with E-state index < -0.39 is 12.2 Å². The number of carbonyl (C=O) groups excluding carboxylic acids is 2. The number of rotatable bonds is 2. The lowest BCUT2D eigenvalue weighted by Crippen LogP contribution is -2.43. The highest BCUT2D eigenvalue weighted by molar-refractivity contribution is 6.75. The molecular formula is C24H16BN3O3. The van der Waals surface area contributed by atoms with Gasteiger partial charge in [0.2, 0.25) is 0 Å². The van der Waals surface area contributed by atoms with Crippen molar-refractivity contribution in [3.63, 3.8) is 0 Å². The second-order valence-corrected chi connectivity index (χ2v) is 8.14. The van der Waals surface area contributed by atoms with Gasteiger partial charge in [-0.3, -0.25) is 9.59 Å². The summed E-state index contributed by atoms with van der Waals surface area (Å²) in [6.07, 6.45) is 0.957. The molecule has 4 heterocycles. The zero-order chi connectivity index (χ0) is 20.7. The monoisotopic (exact) mass is 405 g/mol. The average molecular weight is 405 g/mol. The first-order valence-electron chi connectivity index (χ1n) is 10.3. The smallest absolute Gasteiger partial charge is 0.404 e. The molecule has 0 spiro atoms. The lowest BCUT2D eigenvalue weighted by atomic mass is 9.61. The number of hydrogen-bond acceptors (Lipinski definition) is 5. The van der Waals surface area contributed by atoms with Crippen LogP contribution in [0.4, 0.5) is 17.1 Å². The highest BCUT2D eigenvalue weighted by Gasteiger charge is 2.56. The van der Waals surface area contributed by atoms with Crippen LogP contribution in [0.25, 0.3) is 10.8 Å². The number of imide groups is 1. The second kappa shape index (κ2) is 5.86. The van der Waals surface area contributed by atoms with Gasteiger partial charge in [-0.05, 0) is 35.1 Å². The maximum Gasteiger partial charge on any atom is 0.404 e. The number of fused-ring (bicyclic) bond motifs is 4. The fraction of sp³-hybridized carbons (Fsp3) is 0.0833. The van der Waals surface area contributed by atoms with Crippen molar-refractivity contribution in [3.8, 4) is 0 Å². The molecule has 0 unspecified atom stereocenters. The largest absolute Gasteiger partial charge is 0.405 e. The van der Waals surface area contributed by atoms with E-state index in [0.29, 0.717) is 16.8 Å². The molecule has 148 valence electrons. The maximum absolute atomic E-state index is 13.3. The minimum Gasteiger partial charge on any atom is -0.405 e. The van der Waals surface area contributed by atoms with Gasteiger partial charge in [-0.2, -0.15) is 0 Å². The molecule has 0 aromatic heterocycles. The van der Waals surface area contributed by atoms with Crippen molar-refractivity contribution in [2.45, 2.75) is 12.2 Å². The number of hydrogen-bond donors (Lipinski definition) is 2. The van der Waals surface area contributed by atoms with E-state index >= 15 is 0 Å². The van der Waals surface area contributed by atoms with Crippen molar-refractivity contribution >= 4 is 46.6 Å². The van der Waals surface area contributed by atoms with Crippen molar-refractivity contribution in [2.75, 3.05) is 15.4 Å². The normalized spacial score (nSPS) is 23.3. The lowest BCUT2D eigenvalue weighted by molar-refractivity contribution is -0.121. The fourth-order valence-corrected chi connectivity index (χ4v) is 5.16.